The van der Waals surface area contributed by atoms with Crippen LogP contribution in [0, 0.1) is 0 Å². The maximum atomic E-state index is 12.9. The molecule has 83 heavy (non-hydrogen) atoms. The Kier molecular flexibility index (Phi) is 62.4. The number of carbonyl (C=O) groups excluding carboxylic acids is 2. The third kappa shape index (κ3) is 68.7. The Labute approximate surface area is 515 Å². The summed E-state index contributed by atoms with van der Waals surface area (Å²) in [5.41, 5.74) is 0. The van der Waals surface area contributed by atoms with Gasteiger partial charge in [-0.2, -0.15) is 0 Å². The predicted octanol–water partition coefficient (Wildman–Crippen LogP) is 23.0. The molecule has 0 heterocycles. The van der Waals surface area contributed by atoms with E-state index in [9.17, 15) is 19.0 Å². The number of phosphoric acid groups is 1. The molecule has 0 saturated heterocycles. The first kappa shape index (κ1) is 80.7. The van der Waals surface area contributed by atoms with Gasteiger partial charge in [0.2, 0.25) is 0 Å². The van der Waals surface area contributed by atoms with Gasteiger partial charge in [0.1, 0.15) is 19.8 Å². The van der Waals surface area contributed by atoms with Crippen molar-refractivity contribution in [3.63, 3.8) is 0 Å². The van der Waals surface area contributed by atoms with Crippen LogP contribution >= 0.6 is 7.82 Å². The van der Waals surface area contributed by atoms with Gasteiger partial charge in [-0.25, -0.2) is 4.57 Å². The van der Waals surface area contributed by atoms with E-state index in [0.717, 1.165) is 77.0 Å². The normalized spacial score (nSPS) is 13.5. The summed E-state index contributed by atoms with van der Waals surface area (Å²) in [6.45, 7) is 4.37. The number of esters is 2. The molecule has 0 spiro atoms. The first-order valence-corrected chi connectivity index (χ1v) is 37.0. The molecule has 0 radical (unpaired) electrons. The molecule has 0 aliphatic heterocycles. The van der Waals surface area contributed by atoms with Crippen molar-refractivity contribution in [1.29, 1.82) is 0 Å². The monoisotopic (exact) mass is 1190 g/mol. The minimum atomic E-state index is -4.39. The van der Waals surface area contributed by atoms with Gasteiger partial charge < -0.3 is 18.9 Å². The summed E-state index contributed by atoms with van der Waals surface area (Å²) in [6, 6.07) is 0. The SMILES string of the molecule is CC/C=C\C/C=C\C/C=C\C/C=C\C/C=C\CCCCCCCCCCCC(=O)OC(COC(=O)CCCCCCCCCCCCCCCCCCCCCCCCCCCCCCCCCCCC)COP(=O)(O)OCC[N+](C)(C)C. The number of hydrogen-bond donors (Lipinski definition) is 1. The number of quaternary nitrogens is 1. The highest BCUT2D eigenvalue weighted by atomic mass is 31.2. The number of ether oxygens (including phenoxy) is 2. The maximum absolute atomic E-state index is 12.9. The molecule has 0 rings (SSSR count). The molecule has 0 aliphatic carbocycles. The van der Waals surface area contributed by atoms with Crippen LogP contribution in [0.4, 0.5) is 0 Å². The molecule has 2 atom stereocenters. The molecule has 1 N–H and O–H groups in total. The Morgan fingerprint density at radius 3 is 1.02 bits per heavy atom. The van der Waals surface area contributed by atoms with Crippen LogP contribution in [0.15, 0.2) is 60.8 Å². The van der Waals surface area contributed by atoms with Crippen LogP contribution in [0.1, 0.15) is 341 Å². The van der Waals surface area contributed by atoms with E-state index in [1.807, 2.05) is 21.1 Å². The number of hydrogen-bond acceptors (Lipinski definition) is 7. The molecule has 0 fully saturated rings. The number of likely N-dealkylation sites (N-methyl/N-ethyl adjacent to an activating group) is 1. The van der Waals surface area contributed by atoms with Crippen LogP contribution in [0.3, 0.4) is 0 Å². The molecule has 2 unspecified atom stereocenters. The van der Waals surface area contributed by atoms with Gasteiger partial charge in [-0.15, -0.1) is 0 Å². The number of phosphoric ester groups is 1. The topological polar surface area (TPSA) is 108 Å². The Balaban J connectivity index is 3.98. The highest BCUT2D eigenvalue weighted by molar-refractivity contribution is 7.47. The summed E-state index contributed by atoms with van der Waals surface area (Å²) in [6.07, 6.45) is 84.8. The molecule has 0 aromatic carbocycles. The van der Waals surface area contributed by atoms with Crippen LogP contribution in [0.5, 0.6) is 0 Å². The van der Waals surface area contributed by atoms with Crippen molar-refractivity contribution in [3.8, 4) is 0 Å². The second-order valence-corrected chi connectivity index (χ2v) is 26.7. The standard InChI is InChI=1S/C73H136NO8P/c1-6-8-10-12-14-16-18-20-22-24-26-28-30-32-33-34-35-36-37-38-39-40-42-43-45-47-49-51-53-55-57-59-61-63-65-72(75)79-69-71(70-81-83(77,78)80-68-67-74(3,4)5)82-73(76)66-64-62-60-58-56-54-52-50-48-46-44-41-31-29-27-25-23-21-19-17-15-13-11-9-7-2/h9,11,15,17,21,23,27,29,41,44,71H,6-8,10,12-14,16,18-20,22,24-26,28,30-40,42-43,45-70H2,1-5H3/p+1/b11-9-,17-15-,23-21-,29-27-,44-41-. The van der Waals surface area contributed by atoms with E-state index < -0.39 is 26.5 Å². The average molecular weight is 1190 g/mol. The number of unbranched alkanes of at least 4 members (excludes halogenated alkanes) is 42. The van der Waals surface area contributed by atoms with Gasteiger partial charge in [0.25, 0.3) is 0 Å². The Hall–Kier alpha value is -2.29. The Morgan fingerprint density at radius 2 is 0.687 bits per heavy atom. The van der Waals surface area contributed by atoms with Crippen LogP contribution in [0.2, 0.25) is 0 Å². The van der Waals surface area contributed by atoms with E-state index in [4.69, 9.17) is 18.5 Å². The zero-order chi connectivity index (χ0) is 60.5. The lowest BCUT2D eigenvalue weighted by molar-refractivity contribution is -0.870. The number of nitrogens with zero attached hydrogens (tertiary/aromatic N) is 1. The highest BCUT2D eigenvalue weighted by Crippen LogP contribution is 2.43. The molecule has 0 amide bonds. The van der Waals surface area contributed by atoms with Gasteiger partial charge in [0, 0.05) is 12.8 Å². The summed E-state index contributed by atoms with van der Waals surface area (Å²) in [7, 11) is 1.48. The van der Waals surface area contributed by atoms with Crippen LogP contribution in [0.25, 0.3) is 0 Å². The van der Waals surface area contributed by atoms with Gasteiger partial charge in [0.15, 0.2) is 6.10 Å². The summed E-state index contributed by atoms with van der Waals surface area (Å²) in [5.74, 6) is -0.791. The molecular formula is C73H137NO8P+. The molecule has 10 heteroatoms. The van der Waals surface area contributed by atoms with Gasteiger partial charge >= 0.3 is 19.8 Å². The molecule has 0 saturated carbocycles. The van der Waals surface area contributed by atoms with Gasteiger partial charge in [-0.05, 0) is 57.8 Å². The number of allylic oxidation sites excluding steroid dienone is 10. The van der Waals surface area contributed by atoms with Gasteiger partial charge in [0.05, 0.1) is 27.7 Å². The van der Waals surface area contributed by atoms with Crippen molar-refractivity contribution < 1.29 is 42.1 Å². The number of rotatable bonds is 66. The third-order valence-electron chi connectivity index (χ3n) is 15.8. The molecule has 0 aromatic heterocycles. The van der Waals surface area contributed by atoms with E-state index in [2.05, 4.69) is 74.6 Å². The fourth-order valence-corrected chi connectivity index (χ4v) is 11.1. The maximum Gasteiger partial charge on any atom is 0.472 e. The Bertz CT molecular complexity index is 1580. The molecular weight excluding hydrogens is 1050 g/mol. The lowest BCUT2D eigenvalue weighted by atomic mass is 10.0. The zero-order valence-corrected chi connectivity index (χ0v) is 56.3. The first-order valence-electron chi connectivity index (χ1n) is 35.5. The van der Waals surface area contributed by atoms with Crippen molar-refractivity contribution >= 4 is 19.8 Å². The summed E-state index contributed by atoms with van der Waals surface area (Å²) >= 11 is 0. The van der Waals surface area contributed by atoms with Crippen molar-refractivity contribution in [3.05, 3.63) is 60.8 Å². The van der Waals surface area contributed by atoms with Crippen molar-refractivity contribution in [2.45, 2.75) is 347 Å². The van der Waals surface area contributed by atoms with Gasteiger partial charge in [-0.3, -0.25) is 18.6 Å². The first-order chi connectivity index (χ1) is 40.5. The predicted molar refractivity (Wildman–Crippen MR) is 358 cm³/mol. The molecule has 9 nitrogen and oxygen atoms in total. The Morgan fingerprint density at radius 1 is 0.386 bits per heavy atom. The number of carbonyl (C=O) groups is 2. The van der Waals surface area contributed by atoms with Gasteiger partial charge in [-0.1, -0.05) is 331 Å². The van der Waals surface area contributed by atoms with Crippen molar-refractivity contribution in [2.24, 2.45) is 0 Å². The van der Waals surface area contributed by atoms with E-state index >= 15 is 0 Å². The van der Waals surface area contributed by atoms with Crippen molar-refractivity contribution in [2.75, 3.05) is 47.5 Å². The molecule has 486 valence electrons. The smallest absolute Gasteiger partial charge is 0.462 e. The largest absolute Gasteiger partial charge is 0.472 e. The highest BCUT2D eigenvalue weighted by Gasteiger charge is 2.27. The second-order valence-electron chi connectivity index (χ2n) is 25.3. The fourth-order valence-electron chi connectivity index (χ4n) is 10.4. The van der Waals surface area contributed by atoms with Crippen LogP contribution < -0.4 is 0 Å². The zero-order valence-electron chi connectivity index (χ0n) is 55.4. The lowest BCUT2D eigenvalue weighted by Crippen LogP contribution is -2.37. The van der Waals surface area contributed by atoms with Crippen LogP contribution in [-0.2, 0) is 32.7 Å². The average Bonchev–Trinajstić information content (AvgIpc) is 3.48. The second kappa shape index (κ2) is 64.2. The molecule has 0 bridgehead atoms. The molecule has 0 aliphatic rings. The van der Waals surface area contributed by atoms with E-state index in [-0.39, 0.29) is 25.6 Å². The van der Waals surface area contributed by atoms with E-state index in [1.165, 1.54) is 231 Å². The van der Waals surface area contributed by atoms with E-state index in [0.29, 0.717) is 23.9 Å². The minimum absolute atomic E-state index is 0.0300. The quantitative estimate of drug-likeness (QED) is 0.0211. The molecule has 0 aromatic rings. The summed E-state index contributed by atoms with van der Waals surface area (Å²) in [5, 5.41) is 0. The van der Waals surface area contributed by atoms with Crippen molar-refractivity contribution in [1.82, 2.24) is 0 Å². The minimum Gasteiger partial charge on any atom is -0.462 e. The fraction of sp³-hybridized carbons (Fsp3) is 0.836. The summed E-state index contributed by atoms with van der Waals surface area (Å²) in [4.78, 5) is 35.9. The third-order valence-corrected chi connectivity index (χ3v) is 16.8. The van der Waals surface area contributed by atoms with E-state index in [1.54, 1.807) is 0 Å². The summed E-state index contributed by atoms with van der Waals surface area (Å²) < 4.78 is 34.7. The lowest BCUT2D eigenvalue weighted by Gasteiger charge is -2.24. The van der Waals surface area contributed by atoms with Crippen LogP contribution in [-0.4, -0.2) is 74.9 Å².